The zero-order chi connectivity index (χ0) is 12.5. The Morgan fingerprint density at radius 2 is 2.22 bits per heavy atom. The Hall–Kier alpha value is -1.35. The average Bonchev–Trinajstić information content (AvgIpc) is 2.94. The van der Waals surface area contributed by atoms with Gasteiger partial charge in [-0.05, 0) is 40.3 Å². The van der Waals surface area contributed by atoms with Crippen molar-refractivity contribution in [1.29, 1.82) is 0 Å². The summed E-state index contributed by atoms with van der Waals surface area (Å²) in [5.74, 6) is 0.652. The van der Waals surface area contributed by atoms with Crippen LogP contribution in [0.5, 0.6) is 0 Å². The Morgan fingerprint density at radius 1 is 1.33 bits per heavy atom. The van der Waals surface area contributed by atoms with Gasteiger partial charge in [-0.1, -0.05) is 0 Å². The topological polar surface area (TPSA) is 82.3 Å². The molecule has 0 saturated heterocycles. The predicted molar refractivity (Wildman–Crippen MR) is 77.5 cm³/mol. The summed E-state index contributed by atoms with van der Waals surface area (Å²) in [6, 6.07) is 2.02. The first-order valence-corrected chi connectivity index (χ1v) is 6.62. The van der Waals surface area contributed by atoms with E-state index in [4.69, 9.17) is 11.6 Å². The molecule has 0 saturated carbocycles. The Balaban J connectivity index is 1.90. The van der Waals surface area contributed by atoms with Crippen molar-refractivity contribution in [2.24, 2.45) is 0 Å². The monoisotopic (exact) mass is 374 g/mol. The highest BCUT2D eigenvalue weighted by molar-refractivity contribution is 14.1. The molecule has 3 rings (SSSR count). The molecule has 6 nitrogen and oxygen atoms in total. The van der Waals surface area contributed by atoms with E-state index in [0.717, 1.165) is 14.8 Å². The van der Waals surface area contributed by atoms with Crippen molar-refractivity contribution in [3.05, 3.63) is 33.1 Å². The predicted octanol–water partition coefficient (Wildman–Crippen LogP) is 2.55. The lowest BCUT2D eigenvalue weighted by Gasteiger charge is -2.05. The number of hydrogen-bond acceptors (Lipinski definition) is 4. The maximum atomic E-state index is 5.85. The second-order valence-corrected chi connectivity index (χ2v) is 5.03. The number of aromatic nitrogens is 5. The van der Waals surface area contributed by atoms with Crippen LogP contribution in [-0.4, -0.2) is 24.9 Å². The number of nitrogens with one attached hydrogen (secondary N) is 3. The van der Waals surface area contributed by atoms with Gasteiger partial charge in [-0.15, -0.1) is 0 Å². The molecule has 3 heterocycles. The van der Waals surface area contributed by atoms with Gasteiger partial charge in [0.25, 0.3) is 0 Å². The number of halogens is 2. The summed E-state index contributed by atoms with van der Waals surface area (Å²) in [6.45, 7) is 0.656. The van der Waals surface area contributed by atoms with Crippen LogP contribution in [0.25, 0.3) is 11.2 Å². The second kappa shape index (κ2) is 4.73. The first-order valence-electron chi connectivity index (χ1n) is 5.16. The van der Waals surface area contributed by atoms with E-state index in [1.807, 2.05) is 12.3 Å². The van der Waals surface area contributed by atoms with Crippen molar-refractivity contribution in [2.75, 3.05) is 5.32 Å². The minimum absolute atomic E-state index is 0.181. The van der Waals surface area contributed by atoms with Crippen LogP contribution in [-0.2, 0) is 6.54 Å². The SMILES string of the molecule is Clc1nc(NCc2cc[nH]c2I)c2[nH]cnc2n1. The quantitative estimate of drug-likeness (QED) is 0.486. The standard InChI is InChI=1S/C10H8ClIN6/c11-10-17-8(6-9(18-10)16-4-15-6)14-3-5-1-2-13-7(5)12/h1-2,4,13H,3H2,(H2,14,15,16,17,18). The molecule has 0 atom stereocenters. The van der Waals surface area contributed by atoms with Crippen molar-refractivity contribution < 1.29 is 0 Å². The Kier molecular flexibility index (Phi) is 3.08. The van der Waals surface area contributed by atoms with Gasteiger partial charge in [-0.3, -0.25) is 0 Å². The highest BCUT2D eigenvalue weighted by Gasteiger charge is 2.09. The zero-order valence-electron chi connectivity index (χ0n) is 9.04. The van der Waals surface area contributed by atoms with E-state index >= 15 is 0 Å². The molecule has 0 aliphatic rings. The van der Waals surface area contributed by atoms with Crippen molar-refractivity contribution in [3.63, 3.8) is 0 Å². The van der Waals surface area contributed by atoms with Gasteiger partial charge >= 0.3 is 0 Å². The van der Waals surface area contributed by atoms with E-state index in [9.17, 15) is 0 Å². The number of anilines is 1. The van der Waals surface area contributed by atoms with E-state index in [0.29, 0.717) is 18.0 Å². The lowest BCUT2D eigenvalue weighted by atomic mass is 10.3. The average molecular weight is 375 g/mol. The maximum absolute atomic E-state index is 5.85. The van der Waals surface area contributed by atoms with Crippen molar-refractivity contribution in [3.8, 4) is 0 Å². The summed E-state index contributed by atoms with van der Waals surface area (Å²) < 4.78 is 1.10. The molecule has 0 aromatic carbocycles. The molecule has 0 unspecified atom stereocenters. The van der Waals surface area contributed by atoms with Crippen LogP contribution in [0.4, 0.5) is 5.82 Å². The van der Waals surface area contributed by atoms with Crippen molar-refractivity contribution in [1.82, 2.24) is 24.9 Å². The van der Waals surface area contributed by atoms with Crippen LogP contribution in [0, 0.1) is 3.70 Å². The molecule has 0 fully saturated rings. The van der Waals surface area contributed by atoms with Crippen LogP contribution in [0.15, 0.2) is 18.6 Å². The fourth-order valence-electron chi connectivity index (χ4n) is 1.63. The van der Waals surface area contributed by atoms with Crippen LogP contribution in [0.2, 0.25) is 5.28 Å². The molecule has 3 aromatic heterocycles. The Morgan fingerprint density at radius 3 is 3.00 bits per heavy atom. The Bertz CT molecular complexity index is 691. The van der Waals surface area contributed by atoms with Crippen LogP contribution >= 0.6 is 34.2 Å². The number of hydrogen-bond donors (Lipinski definition) is 3. The third-order valence-corrected chi connectivity index (χ3v) is 3.65. The van der Waals surface area contributed by atoms with Crippen molar-refractivity contribution >= 4 is 51.2 Å². The number of nitrogens with zero attached hydrogens (tertiary/aromatic N) is 3. The van der Waals surface area contributed by atoms with Gasteiger partial charge in [-0.25, -0.2) is 4.98 Å². The van der Waals surface area contributed by atoms with Gasteiger partial charge in [-0.2, -0.15) is 9.97 Å². The van der Waals surface area contributed by atoms with Gasteiger partial charge in [0.05, 0.1) is 10.0 Å². The minimum Gasteiger partial charge on any atom is -0.364 e. The molecule has 0 amide bonds. The van der Waals surface area contributed by atoms with Gasteiger partial charge < -0.3 is 15.3 Å². The molecule has 3 N–H and O–H groups in total. The molecular formula is C10H8ClIN6. The molecule has 0 radical (unpaired) electrons. The summed E-state index contributed by atoms with van der Waals surface area (Å²) in [6.07, 6.45) is 3.47. The highest BCUT2D eigenvalue weighted by atomic mass is 127. The summed E-state index contributed by atoms with van der Waals surface area (Å²) >= 11 is 8.10. The summed E-state index contributed by atoms with van der Waals surface area (Å²) in [7, 11) is 0. The smallest absolute Gasteiger partial charge is 0.226 e. The van der Waals surface area contributed by atoms with E-state index < -0.39 is 0 Å². The van der Waals surface area contributed by atoms with E-state index in [1.165, 1.54) is 0 Å². The Labute approximate surface area is 121 Å². The first kappa shape index (κ1) is 11.7. The number of H-pyrrole nitrogens is 2. The number of rotatable bonds is 3. The lowest BCUT2D eigenvalue weighted by Crippen LogP contribution is -2.03. The van der Waals surface area contributed by atoms with Gasteiger partial charge in [0.1, 0.15) is 5.52 Å². The maximum Gasteiger partial charge on any atom is 0.226 e. The number of aromatic amines is 2. The van der Waals surface area contributed by atoms with Crippen LogP contribution in [0.1, 0.15) is 5.56 Å². The minimum atomic E-state index is 0.181. The number of imidazole rings is 1. The molecule has 3 aromatic rings. The summed E-state index contributed by atoms with van der Waals surface area (Å²) in [5.41, 5.74) is 2.48. The third-order valence-electron chi connectivity index (χ3n) is 2.48. The zero-order valence-corrected chi connectivity index (χ0v) is 12.0. The summed E-state index contributed by atoms with van der Waals surface area (Å²) in [4.78, 5) is 18.4. The largest absolute Gasteiger partial charge is 0.364 e. The van der Waals surface area contributed by atoms with E-state index in [2.05, 4.69) is 52.8 Å². The van der Waals surface area contributed by atoms with E-state index in [1.54, 1.807) is 6.33 Å². The molecule has 92 valence electrons. The molecule has 8 heteroatoms. The third kappa shape index (κ3) is 2.15. The van der Waals surface area contributed by atoms with Crippen LogP contribution < -0.4 is 5.32 Å². The van der Waals surface area contributed by atoms with Gasteiger partial charge in [0.2, 0.25) is 5.28 Å². The summed E-state index contributed by atoms with van der Waals surface area (Å²) in [5, 5.41) is 3.41. The fourth-order valence-corrected chi connectivity index (χ4v) is 2.35. The van der Waals surface area contributed by atoms with Gasteiger partial charge in [0.15, 0.2) is 11.5 Å². The molecule has 0 aliphatic heterocycles. The second-order valence-electron chi connectivity index (χ2n) is 3.61. The normalized spacial score (nSPS) is 11.0. The number of fused-ring (bicyclic) bond motifs is 1. The fraction of sp³-hybridized carbons (Fsp3) is 0.100. The lowest BCUT2D eigenvalue weighted by molar-refractivity contribution is 1.09. The molecule has 0 aliphatic carbocycles. The molecular weight excluding hydrogens is 367 g/mol. The van der Waals surface area contributed by atoms with Crippen molar-refractivity contribution in [2.45, 2.75) is 6.54 Å². The molecule has 0 bridgehead atoms. The van der Waals surface area contributed by atoms with Gasteiger partial charge in [0, 0.05) is 18.3 Å². The van der Waals surface area contributed by atoms with E-state index in [-0.39, 0.29) is 5.28 Å². The molecule has 0 spiro atoms. The highest BCUT2D eigenvalue weighted by Crippen LogP contribution is 2.20. The van der Waals surface area contributed by atoms with Crippen LogP contribution in [0.3, 0.4) is 0 Å². The first-order chi connectivity index (χ1) is 8.74. The molecule has 18 heavy (non-hydrogen) atoms.